The maximum Gasteiger partial charge on any atom is 0.245 e. The number of rotatable bonds is 3. The molecule has 0 atom stereocenters. The smallest absolute Gasteiger partial charge is 0.245 e. The minimum absolute atomic E-state index is 0.00233. The van der Waals surface area contributed by atoms with Crippen molar-refractivity contribution in [2.75, 3.05) is 18.0 Å². The Bertz CT molecular complexity index is 1110. The van der Waals surface area contributed by atoms with Gasteiger partial charge in [0.15, 0.2) is 5.78 Å². The van der Waals surface area contributed by atoms with Gasteiger partial charge in [-0.25, -0.2) is 4.98 Å². The Labute approximate surface area is 176 Å². The van der Waals surface area contributed by atoms with Crippen molar-refractivity contribution in [3.8, 4) is 5.75 Å². The number of anilines is 1. The SMILES string of the molecule is O=C(c1ccc(N2CCC3(CC2)CC(=O)c2cccc(Cl)c2O3)nc1)c1nn[nH]n1. The van der Waals surface area contributed by atoms with Crippen LogP contribution in [0.4, 0.5) is 5.82 Å². The van der Waals surface area contributed by atoms with Crippen LogP contribution in [0.2, 0.25) is 5.02 Å². The van der Waals surface area contributed by atoms with Crippen molar-refractivity contribution < 1.29 is 14.3 Å². The number of nitrogens with one attached hydrogen (secondary N) is 1. The number of tetrazole rings is 1. The highest BCUT2D eigenvalue weighted by Gasteiger charge is 2.43. The van der Waals surface area contributed by atoms with Gasteiger partial charge in [0, 0.05) is 37.7 Å². The number of carbonyl (C=O) groups excluding carboxylic acids is 2. The van der Waals surface area contributed by atoms with E-state index in [1.807, 2.05) is 0 Å². The molecule has 1 fully saturated rings. The molecule has 2 aliphatic heterocycles. The third kappa shape index (κ3) is 3.21. The quantitative estimate of drug-likeness (QED) is 0.638. The summed E-state index contributed by atoms with van der Waals surface area (Å²) in [7, 11) is 0. The number of Topliss-reactive ketones (excluding diaryl/α,β-unsaturated/α-hetero) is 1. The van der Waals surface area contributed by atoms with Crippen LogP contribution in [0, 0.1) is 0 Å². The number of nitrogens with zero attached hydrogens (tertiary/aromatic N) is 5. The van der Waals surface area contributed by atoms with E-state index in [1.54, 1.807) is 30.3 Å². The van der Waals surface area contributed by atoms with Gasteiger partial charge in [-0.1, -0.05) is 17.7 Å². The molecule has 152 valence electrons. The molecular weight excluding hydrogens is 408 g/mol. The predicted octanol–water partition coefficient (Wildman–Crippen LogP) is 2.48. The third-order valence-corrected chi connectivity index (χ3v) is 5.92. The summed E-state index contributed by atoms with van der Waals surface area (Å²) in [6.07, 6.45) is 3.21. The van der Waals surface area contributed by atoms with Crippen molar-refractivity contribution in [1.29, 1.82) is 0 Å². The topological polar surface area (TPSA) is 114 Å². The van der Waals surface area contributed by atoms with Crippen LogP contribution >= 0.6 is 11.6 Å². The lowest BCUT2D eigenvalue weighted by Gasteiger charge is -2.44. The van der Waals surface area contributed by atoms with Crippen molar-refractivity contribution in [1.82, 2.24) is 25.6 Å². The number of para-hydroxylation sites is 1. The van der Waals surface area contributed by atoms with Crippen molar-refractivity contribution in [3.63, 3.8) is 0 Å². The first-order valence-corrected chi connectivity index (χ1v) is 9.92. The van der Waals surface area contributed by atoms with Gasteiger partial charge >= 0.3 is 0 Å². The Balaban J connectivity index is 1.29. The summed E-state index contributed by atoms with van der Waals surface area (Å²) < 4.78 is 6.27. The van der Waals surface area contributed by atoms with Crippen LogP contribution in [-0.2, 0) is 0 Å². The maximum absolute atomic E-state index is 12.6. The molecule has 9 nitrogen and oxygen atoms in total. The molecule has 3 aromatic rings. The molecule has 10 heteroatoms. The Morgan fingerprint density at radius 1 is 1.20 bits per heavy atom. The first kappa shape index (κ1) is 18.7. The fraction of sp³-hybridized carbons (Fsp3) is 0.300. The molecule has 0 aliphatic carbocycles. The number of piperidine rings is 1. The number of aromatic amines is 1. The Morgan fingerprint density at radius 2 is 2.03 bits per heavy atom. The first-order chi connectivity index (χ1) is 14.5. The largest absolute Gasteiger partial charge is 0.484 e. The van der Waals surface area contributed by atoms with Gasteiger partial charge in [0.1, 0.15) is 17.2 Å². The van der Waals surface area contributed by atoms with Gasteiger partial charge < -0.3 is 9.64 Å². The highest BCUT2D eigenvalue weighted by molar-refractivity contribution is 6.32. The van der Waals surface area contributed by atoms with E-state index in [0.29, 0.717) is 54.3 Å². The highest BCUT2D eigenvalue weighted by Crippen LogP contribution is 2.43. The minimum Gasteiger partial charge on any atom is -0.484 e. The molecule has 0 radical (unpaired) electrons. The average molecular weight is 425 g/mol. The number of pyridine rings is 1. The Hall–Kier alpha value is -3.33. The van der Waals surface area contributed by atoms with E-state index in [1.165, 1.54) is 6.20 Å². The molecule has 0 bridgehead atoms. The zero-order chi connectivity index (χ0) is 20.7. The fourth-order valence-corrected chi connectivity index (χ4v) is 4.20. The third-order valence-electron chi connectivity index (χ3n) is 5.63. The summed E-state index contributed by atoms with van der Waals surface area (Å²) in [5.74, 6) is 0.976. The van der Waals surface area contributed by atoms with Crippen LogP contribution in [0.25, 0.3) is 0 Å². The first-order valence-electron chi connectivity index (χ1n) is 9.55. The molecule has 2 aliphatic rings. The lowest BCUT2D eigenvalue weighted by Crippen LogP contribution is -2.51. The summed E-state index contributed by atoms with van der Waals surface area (Å²) in [5.41, 5.74) is 0.403. The predicted molar refractivity (Wildman–Crippen MR) is 107 cm³/mol. The second-order valence-electron chi connectivity index (χ2n) is 7.46. The number of fused-ring (bicyclic) bond motifs is 1. The Morgan fingerprint density at radius 3 is 2.73 bits per heavy atom. The number of halogens is 1. The lowest BCUT2D eigenvalue weighted by atomic mass is 9.82. The van der Waals surface area contributed by atoms with E-state index < -0.39 is 5.60 Å². The maximum atomic E-state index is 12.6. The number of hydrogen-bond acceptors (Lipinski definition) is 8. The molecule has 0 saturated carbocycles. The summed E-state index contributed by atoms with van der Waals surface area (Å²) >= 11 is 6.27. The van der Waals surface area contributed by atoms with Crippen LogP contribution in [0.3, 0.4) is 0 Å². The molecule has 30 heavy (non-hydrogen) atoms. The molecule has 5 rings (SSSR count). The Kier molecular flexibility index (Phi) is 4.47. The number of benzene rings is 1. The van der Waals surface area contributed by atoms with Gasteiger partial charge in [0.25, 0.3) is 0 Å². The van der Waals surface area contributed by atoms with Crippen molar-refractivity contribution in [2.24, 2.45) is 0 Å². The zero-order valence-electron chi connectivity index (χ0n) is 15.8. The normalized spacial score (nSPS) is 17.5. The molecule has 1 N–H and O–H groups in total. The number of carbonyl (C=O) groups is 2. The van der Waals surface area contributed by atoms with Crippen molar-refractivity contribution in [3.05, 3.63) is 58.5 Å². The van der Waals surface area contributed by atoms with Gasteiger partial charge in [-0.05, 0) is 29.5 Å². The van der Waals surface area contributed by atoms with Gasteiger partial charge in [0.05, 0.1) is 17.0 Å². The highest BCUT2D eigenvalue weighted by atomic mass is 35.5. The summed E-state index contributed by atoms with van der Waals surface area (Å²) in [6.45, 7) is 1.36. The standard InChI is InChI=1S/C20H17ClN6O3/c21-14-3-1-2-13-15(28)10-20(30-18(13)14)6-8-27(9-7-20)16-5-4-12(11-22-16)17(29)19-23-25-26-24-19/h1-5,11H,6-10H2,(H,23,24,25,26). The van der Waals surface area contributed by atoms with Crippen molar-refractivity contribution in [2.45, 2.75) is 24.9 Å². The molecule has 0 unspecified atom stereocenters. The van der Waals surface area contributed by atoms with Crippen LogP contribution in [-0.4, -0.2) is 55.9 Å². The summed E-state index contributed by atoms with van der Waals surface area (Å²) in [5, 5.41) is 13.5. The van der Waals surface area contributed by atoms with Gasteiger partial charge in [-0.15, -0.1) is 10.2 Å². The second kappa shape index (κ2) is 7.17. The van der Waals surface area contributed by atoms with Crippen LogP contribution < -0.4 is 9.64 Å². The average Bonchev–Trinajstić information content (AvgIpc) is 3.30. The number of aromatic nitrogens is 5. The molecule has 1 aromatic carbocycles. The van der Waals surface area contributed by atoms with E-state index >= 15 is 0 Å². The minimum atomic E-state index is -0.542. The molecule has 2 aromatic heterocycles. The summed E-state index contributed by atoms with van der Waals surface area (Å²) in [4.78, 5) is 31.4. The van der Waals surface area contributed by atoms with Gasteiger partial charge in [-0.2, -0.15) is 5.21 Å². The number of ketones is 2. The monoisotopic (exact) mass is 424 g/mol. The van der Waals surface area contributed by atoms with E-state index in [4.69, 9.17) is 16.3 Å². The lowest BCUT2D eigenvalue weighted by molar-refractivity contribution is 0.0232. The number of ether oxygens (including phenoxy) is 1. The van der Waals surface area contributed by atoms with E-state index in [0.717, 1.165) is 5.82 Å². The number of H-pyrrole nitrogens is 1. The fourth-order valence-electron chi connectivity index (χ4n) is 3.99. The van der Waals surface area contributed by atoms with Crippen LogP contribution in [0.5, 0.6) is 5.75 Å². The zero-order valence-corrected chi connectivity index (χ0v) is 16.6. The molecule has 1 saturated heterocycles. The van der Waals surface area contributed by atoms with Crippen LogP contribution in [0.1, 0.15) is 45.8 Å². The molecule has 1 spiro atoms. The van der Waals surface area contributed by atoms with Crippen LogP contribution in [0.15, 0.2) is 36.5 Å². The van der Waals surface area contributed by atoms with E-state index in [2.05, 4.69) is 30.5 Å². The van der Waals surface area contributed by atoms with E-state index in [9.17, 15) is 9.59 Å². The molecular formula is C20H17ClN6O3. The molecule has 0 amide bonds. The van der Waals surface area contributed by atoms with Crippen molar-refractivity contribution >= 4 is 29.0 Å². The van der Waals surface area contributed by atoms with E-state index in [-0.39, 0.29) is 17.4 Å². The van der Waals surface area contributed by atoms with Gasteiger partial charge in [0.2, 0.25) is 11.6 Å². The summed E-state index contributed by atoms with van der Waals surface area (Å²) in [6, 6.07) is 8.75. The molecule has 4 heterocycles. The second-order valence-corrected chi connectivity index (χ2v) is 7.87. The number of hydrogen-bond donors (Lipinski definition) is 1. The van der Waals surface area contributed by atoms with Gasteiger partial charge in [-0.3, -0.25) is 9.59 Å².